The molecule has 6 heteroatoms. The minimum absolute atomic E-state index is 0.0136. The molecule has 6 nitrogen and oxygen atoms in total. The van der Waals surface area contributed by atoms with E-state index in [1.165, 1.54) is 44.9 Å². The van der Waals surface area contributed by atoms with E-state index in [0.29, 0.717) is 42.7 Å². The van der Waals surface area contributed by atoms with Gasteiger partial charge in [-0.3, -0.25) is 0 Å². The predicted molar refractivity (Wildman–Crippen MR) is 131 cm³/mol. The fourth-order valence-corrected chi connectivity index (χ4v) is 9.31. The molecule has 0 radical (unpaired) electrons. The van der Waals surface area contributed by atoms with Gasteiger partial charge in [0.05, 0.1) is 18.3 Å². The Balaban J connectivity index is 1.36. The first kappa shape index (κ1) is 25.4. The van der Waals surface area contributed by atoms with Crippen molar-refractivity contribution in [1.82, 2.24) is 0 Å². The molecule has 5 fully saturated rings. The summed E-state index contributed by atoms with van der Waals surface area (Å²) < 4.78 is 24.9. The average Bonchev–Trinajstić information content (AvgIpc) is 3.08. The molecule has 34 heavy (non-hydrogen) atoms. The van der Waals surface area contributed by atoms with Gasteiger partial charge in [-0.05, 0) is 107 Å². The summed E-state index contributed by atoms with van der Waals surface area (Å²) in [7, 11) is 0. The maximum Gasteiger partial charge on any atom is 0.157 e. The summed E-state index contributed by atoms with van der Waals surface area (Å²) in [5.74, 6) is 1.81. The highest BCUT2D eigenvalue weighted by Gasteiger charge is 2.72. The van der Waals surface area contributed by atoms with Gasteiger partial charge in [-0.25, -0.2) is 0 Å². The second-order valence-corrected chi connectivity index (χ2v) is 12.7. The maximum absolute atomic E-state index is 10.4. The Morgan fingerprint density at radius 1 is 0.971 bits per heavy atom. The van der Waals surface area contributed by atoms with Gasteiger partial charge in [0.25, 0.3) is 0 Å². The molecule has 1 heterocycles. The average molecular weight is 480 g/mol. The highest BCUT2D eigenvalue weighted by Crippen LogP contribution is 2.70. The summed E-state index contributed by atoms with van der Waals surface area (Å²) in [6.45, 7) is 8.75. The fourth-order valence-electron chi connectivity index (χ4n) is 9.31. The highest BCUT2D eigenvalue weighted by molar-refractivity contribution is 5.23. The smallest absolute Gasteiger partial charge is 0.157 e. The van der Waals surface area contributed by atoms with E-state index >= 15 is 0 Å². The van der Waals surface area contributed by atoms with E-state index in [1.54, 1.807) is 0 Å². The third-order valence-corrected chi connectivity index (χ3v) is 11.5. The van der Waals surface area contributed by atoms with Crippen LogP contribution in [0.5, 0.6) is 0 Å². The van der Waals surface area contributed by atoms with E-state index in [4.69, 9.17) is 24.7 Å². The molecule has 0 spiro atoms. The van der Waals surface area contributed by atoms with Gasteiger partial charge in [0.2, 0.25) is 0 Å². The molecule has 196 valence electrons. The van der Waals surface area contributed by atoms with Crippen LogP contribution in [0.4, 0.5) is 0 Å². The number of hydrogen-bond donors (Lipinski definition) is 2. The van der Waals surface area contributed by atoms with Gasteiger partial charge in [-0.2, -0.15) is 0 Å². The Morgan fingerprint density at radius 2 is 1.82 bits per heavy atom. The van der Waals surface area contributed by atoms with Gasteiger partial charge in [0.15, 0.2) is 6.29 Å². The zero-order valence-electron chi connectivity index (χ0n) is 21.9. The van der Waals surface area contributed by atoms with E-state index in [0.717, 1.165) is 38.7 Å². The number of hydrogen-bond acceptors (Lipinski definition) is 6. The minimum Gasteiger partial charge on any atom is -0.394 e. The molecular formula is C28H49NO5. The van der Waals surface area contributed by atoms with Crippen LogP contribution in [0.3, 0.4) is 0 Å². The molecule has 0 aromatic carbocycles. The molecule has 1 saturated heterocycles. The predicted octanol–water partition coefficient (Wildman–Crippen LogP) is 4.76. The van der Waals surface area contributed by atoms with Gasteiger partial charge < -0.3 is 29.8 Å². The molecule has 4 aliphatic carbocycles. The number of ether oxygens (including phenoxy) is 4. The van der Waals surface area contributed by atoms with Crippen molar-refractivity contribution in [2.45, 2.75) is 121 Å². The van der Waals surface area contributed by atoms with Crippen LogP contribution in [0.25, 0.3) is 0 Å². The van der Waals surface area contributed by atoms with Crippen molar-refractivity contribution in [3.8, 4) is 0 Å². The molecule has 0 bridgehead atoms. The Morgan fingerprint density at radius 3 is 2.56 bits per heavy atom. The topological polar surface area (TPSA) is 83.2 Å². The normalized spacial score (nSPS) is 50.9. The van der Waals surface area contributed by atoms with Gasteiger partial charge in [-0.1, -0.05) is 13.8 Å². The van der Waals surface area contributed by atoms with Gasteiger partial charge >= 0.3 is 0 Å². The van der Waals surface area contributed by atoms with E-state index in [9.17, 15) is 5.11 Å². The number of fused-ring (bicyclic) bond motifs is 5. The lowest BCUT2D eigenvalue weighted by Gasteiger charge is -2.65. The van der Waals surface area contributed by atoms with E-state index in [-0.39, 0.29) is 23.9 Å². The van der Waals surface area contributed by atoms with Crippen LogP contribution in [0.1, 0.15) is 97.8 Å². The second kappa shape index (κ2) is 9.57. The number of nitrogens with two attached hydrogens (primary N) is 1. The molecule has 5 rings (SSSR count). The molecule has 0 amide bonds. The molecule has 0 aromatic rings. The van der Waals surface area contributed by atoms with Crippen LogP contribution in [0.15, 0.2) is 0 Å². The first-order chi connectivity index (χ1) is 16.3. The Labute approximate surface area is 206 Å². The van der Waals surface area contributed by atoms with Crippen molar-refractivity contribution in [3.05, 3.63) is 0 Å². The lowest BCUT2D eigenvalue weighted by molar-refractivity contribution is -0.268. The quantitative estimate of drug-likeness (QED) is 0.311. The van der Waals surface area contributed by atoms with Gasteiger partial charge in [0, 0.05) is 24.2 Å². The van der Waals surface area contributed by atoms with Crippen molar-refractivity contribution in [1.29, 1.82) is 0 Å². The minimum atomic E-state index is -0.576. The van der Waals surface area contributed by atoms with E-state index in [1.807, 2.05) is 6.92 Å². The van der Waals surface area contributed by atoms with Crippen LogP contribution in [-0.4, -0.2) is 55.3 Å². The van der Waals surface area contributed by atoms with Crippen molar-refractivity contribution >= 4 is 0 Å². The van der Waals surface area contributed by atoms with Crippen LogP contribution in [-0.2, 0) is 18.9 Å². The van der Waals surface area contributed by atoms with Crippen molar-refractivity contribution in [2.24, 2.45) is 34.3 Å². The SMILES string of the molecule is CCOCO[C@]12CC[C@](N)(CO)[C@@]1(C)CC[C@H]1[C@H]2CC[C@@H]2C[C@@H](OC3CCCCO3)CC[C@@]21C. The van der Waals surface area contributed by atoms with Crippen LogP contribution in [0, 0.1) is 28.6 Å². The number of aliphatic hydroxyl groups excluding tert-OH is 1. The van der Waals surface area contributed by atoms with Gasteiger partial charge in [0.1, 0.15) is 6.79 Å². The highest BCUT2D eigenvalue weighted by atomic mass is 16.7. The zero-order valence-corrected chi connectivity index (χ0v) is 21.9. The Hall–Kier alpha value is -0.240. The lowest BCUT2D eigenvalue weighted by Crippen LogP contribution is -2.69. The number of aliphatic hydroxyl groups is 1. The fraction of sp³-hybridized carbons (Fsp3) is 1.00. The van der Waals surface area contributed by atoms with Crippen LogP contribution < -0.4 is 5.73 Å². The first-order valence-corrected chi connectivity index (χ1v) is 14.2. The molecule has 1 aliphatic heterocycles. The third kappa shape index (κ3) is 3.81. The van der Waals surface area contributed by atoms with Crippen LogP contribution >= 0.6 is 0 Å². The van der Waals surface area contributed by atoms with Crippen molar-refractivity contribution < 1.29 is 24.1 Å². The van der Waals surface area contributed by atoms with Crippen molar-refractivity contribution in [2.75, 3.05) is 26.6 Å². The molecule has 9 atom stereocenters. The van der Waals surface area contributed by atoms with E-state index < -0.39 is 5.54 Å². The summed E-state index contributed by atoms with van der Waals surface area (Å²) in [5, 5.41) is 10.4. The number of rotatable bonds is 7. The van der Waals surface area contributed by atoms with Gasteiger partial charge in [-0.15, -0.1) is 0 Å². The molecule has 0 aromatic heterocycles. The molecule has 3 N–H and O–H groups in total. The Kier molecular flexibility index (Phi) is 7.15. The maximum atomic E-state index is 10.4. The summed E-state index contributed by atoms with van der Waals surface area (Å²) in [4.78, 5) is 0. The van der Waals surface area contributed by atoms with E-state index in [2.05, 4.69) is 13.8 Å². The summed E-state index contributed by atoms with van der Waals surface area (Å²) in [5.41, 5.74) is 6.14. The van der Waals surface area contributed by atoms with Crippen molar-refractivity contribution in [3.63, 3.8) is 0 Å². The first-order valence-electron chi connectivity index (χ1n) is 14.2. The molecular weight excluding hydrogens is 430 g/mol. The molecule has 4 saturated carbocycles. The zero-order chi connectivity index (χ0) is 24.0. The van der Waals surface area contributed by atoms with Crippen LogP contribution in [0.2, 0.25) is 0 Å². The summed E-state index contributed by atoms with van der Waals surface area (Å²) >= 11 is 0. The largest absolute Gasteiger partial charge is 0.394 e. The molecule has 5 aliphatic rings. The Bertz CT molecular complexity index is 715. The summed E-state index contributed by atoms with van der Waals surface area (Å²) in [6, 6.07) is 0. The monoisotopic (exact) mass is 479 g/mol. The second-order valence-electron chi connectivity index (χ2n) is 12.7. The lowest BCUT2D eigenvalue weighted by atomic mass is 9.42. The molecule has 1 unspecified atom stereocenters. The summed E-state index contributed by atoms with van der Waals surface area (Å²) in [6.07, 6.45) is 13.7. The standard InChI is InChI=1S/C28H49NO5/c1-4-31-19-33-28-15-14-27(29,18-30)26(28,3)13-11-22-23(28)9-8-20-17-21(10-12-25(20,22)2)34-24-7-5-6-16-32-24/h20-24,30H,4-19,29H2,1-3H3/t20-,21+,22+,23-,24?,25+,26-,27+,28+/m1/s1. The third-order valence-electron chi connectivity index (χ3n) is 11.5.